The number of pyridine rings is 1. The van der Waals surface area contributed by atoms with E-state index < -0.39 is 68.3 Å². The van der Waals surface area contributed by atoms with Gasteiger partial charge in [0.15, 0.2) is 23.3 Å². The van der Waals surface area contributed by atoms with Gasteiger partial charge in [-0.3, -0.25) is 9.52 Å². The molecule has 35 heavy (non-hydrogen) atoms. The maximum atomic E-state index is 15.0. The van der Waals surface area contributed by atoms with Crippen LogP contribution in [0.1, 0.15) is 34.8 Å². The zero-order chi connectivity index (χ0) is 25.9. The average molecular weight is 622 g/mol. The van der Waals surface area contributed by atoms with Crippen LogP contribution in [0.4, 0.5) is 34.8 Å². The van der Waals surface area contributed by atoms with Crippen molar-refractivity contribution in [1.29, 1.82) is 0 Å². The first kappa shape index (κ1) is 26.7. The number of hydrogen-bond donors (Lipinski definition) is 3. The number of benzene rings is 2. The van der Waals surface area contributed by atoms with Gasteiger partial charge in [-0.25, -0.2) is 31.0 Å². The summed E-state index contributed by atoms with van der Waals surface area (Å²) in [7, 11) is -3.86. The predicted molar refractivity (Wildman–Crippen MR) is 132 cm³/mol. The first-order valence-corrected chi connectivity index (χ1v) is 12.8. The lowest BCUT2D eigenvalue weighted by Crippen LogP contribution is -2.19. The number of aromatic nitrogens is 1. The molecule has 0 saturated carbocycles. The number of sulfonamides is 1. The van der Waals surface area contributed by atoms with Crippen LogP contribution in [0.15, 0.2) is 36.5 Å². The fraction of sp³-hybridized carbons (Fsp3) is 0.182. The Labute approximate surface area is 212 Å². The predicted octanol–water partition coefficient (Wildman–Crippen LogP) is 4.83. The molecule has 0 fully saturated rings. The standard InChI is InChI=1S/C22H19F4IN4O3S/c1-2-7-35(33,34)31-22-18(25)11(5-6-29-22)8-12-9-14(21(28)32)20(19(26)17(12)24)30-16-4-3-13(27)10-15(16)23/h3-6,9-10,30H,2,7-8H2,1H3,(H2,28,32)(H,29,31). The molecule has 0 saturated heterocycles. The summed E-state index contributed by atoms with van der Waals surface area (Å²) in [5.74, 6) is -6.80. The number of nitrogens with two attached hydrogens (primary N) is 1. The molecule has 0 aliphatic carbocycles. The van der Waals surface area contributed by atoms with Crippen LogP contribution in [0.25, 0.3) is 0 Å². The lowest BCUT2D eigenvalue weighted by Gasteiger charge is -2.16. The summed E-state index contributed by atoms with van der Waals surface area (Å²) in [5.41, 5.74) is 3.30. The van der Waals surface area contributed by atoms with Gasteiger partial charge in [-0.15, -0.1) is 0 Å². The largest absolute Gasteiger partial charge is 0.366 e. The number of amides is 1. The minimum atomic E-state index is -3.86. The second-order valence-electron chi connectivity index (χ2n) is 7.43. The molecule has 1 aromatic heterocycles. The second-order valence-corrected chi connectivity index (χ2v) is 10.5. The smallest absolute Gasteiger partial charge is 0.250 e. The molecule has 2 aromatic carbocycles. The zero-order valence-electron chi connectivity index (χ0n) is 18.1. The van der Waals surface area contributed by atoms with E-state index in [0.717, 1.165) is 24.4 Å². The lowest BCUT2D eigenvalue weighted by molar-refractivity contribution is 0.100. The number of nitrogens with one attached hydrogen (secondary N) is 2. The molecule has 0 radical (unpaired) electrons. The van der Waals surface area contributed by atoms with E-state index in [9.17, 15) is 26.4 Å². The quantitative estimate of drug-likeness (QED) is 0.234. The summed E-state index contributed by atoms with van der Waals surface area (Å²) in [6.07, 6.45) is 0.822. The summed E-state index contributed by atoms with van der Waals surface area (Å²) in [6, 6.07) is 6.02. The lowest BCUT2D eigenvalue weighted by atomic mass is 10.00. The van der Waals surface area contributed by atoms with E-state index in [1.807, 2.05) is 27.3 Å². The van der Waals surface area contributed by atoms with Crippen LogP contribution < -0.4 is 15.8 Å². The molecule has 0 spiro atoms. The third-order valence-electron chi connectivity index (χ3n) is 4.81. The molecule has 186 valence electrons. The van der Waals surface area contributed by atoms with Gasteiger partial charge in [-0.2, -0.15) is 0 Å². The molecule has 4 N–H and O–H groups in total. The molecule has 0 aliphatic rings. The van der Waals surface area contributed by atoms with Crippen molar-refractivity contribution < 1.29 is 30.8 Å². The van der Waals surface area contributed by atoms with Gasteiger partial charge in [0.05, 0.1) is 22.7 Å². The van der Waals surface area contributed by atoms with Crippen molar-refractivity contribution in [2.24, 2.45) is 5.73 Å². The third kappa shape index (κ3) is 6.20. The highest BCUT2D eigenvalue weighted by Gasteiger charge is 2.24. The Morgan fingerprint density at radius 3 is 2.40 bits per heavy atom. The van der Waals surface area contributed by atoms with Gasteiger partial charge in [0.2, 0.25) is 10.0 Å². The maximum absolute atomic E-state index is 15.0. The van der Waals surface area contributed by atoms with Crippen molar-refractivity contribution in [3.63, 3.8) is 0 Å². The Kier molecular flexibility index (Phi) is 8.20. The van der Waals surface area contributed by atoms with E-state index in [1.165, 1.54) is 12.1 Å². The van der Waals surface area contributed by atoms with Gasteiger partial charge in [0.25, 0.3) is 5.91 Å². The van der Waals surface area contributed by atoms with E-state index in [0.29, 0.717) is 3.57 Å². The van der Waals surface area contributed by atoms with Crippen molar-refractivity contribution in [3.8, 4) is 0 Å². The summed E-state index contributed by atoms with van der Waals surface area (Å²) >= 11 is 1.86. The highest BCUT2D eigenvalue weighted by molar-refractivity contribution is 14.1. The molecule has 0 aliphatic heterocycles. The van der Waals surface area contributed by atoms with Gasteiger partial charge in [-0.1, -0.05) is 6.92 Å². The van der Waals surface area contributed by atoms with Crippen molar-refractivity contribution in [1.82, 2.24) is 4.98 Å². The van der Waals surface area contributed by atoms with Crippen LogP contribution in [0.5, 0.6) is 0 Å². The summed E-state index contributed by atoms with van der Waals surface area (Å²) in [4.78, 5) is 15.7. The summed E-state index contributed by atoms with van der Waals surface area (Å²) in [5, 5.41) is 2.35. The minimum Gasteiger partial charge on any atom is -0.366 e. The summed E-state index contributed by atoms with van der Waals surface area (Å²) in [6.45, 7) is 1.62. The molecule has 0 atom stereocenters. The molecular weight excluding hydrogens is 603 g/mol. The van der Waals surface area contributed by atoms with Crippen molar-refractivity contribution in [2.75, 3.05) is 15.8 Å². The number of nitrogens with zero attached hydrogens (tertiary/aromatic N) is 1. The Morgan fingerprint density at radius 1 is 1.06 bits per heavy atom. The van der Waals surface area contributed by atoms with Gasteiger partial charge < -0.3 is 11.1 Å². The van der Waals surface area contributed by atoms with Crippen molar-refractivity contribution in [2.45, 2.75) is 19.8 Å². The van der Waals surface area contributed by atoms with Crippen LogP contribution in [-0.2, 0) is 16.4 Å². The number of halogens is 5. The molecule has 7 nitrogen and oxygen atoms in total. The summed E-state index contributed by atoms with van der Waals surface area (Å²) < 4.78 is 85.6. The van der Waals surface area contributed by atoms with E-state index in [1.54, 1.807) is 6.92 Å². The Bertz CT molecular complexity index is 1400. The second kappa shape index (κ2) is 10.8. The van der Waals surface area contributed by atoms with Crippen molar-refractivity contribution in [3.05, 3.63) is 80.1 Å². The number of anilines is 3. The zero-order valence-corrected chi connectivity index (χ0v) is 21.1. The van der Waals surface area contributed by atoms with Crippen LogP contribution in [0, 0.1) is 26.8 Å². The Balaban J connectivity index is 2.02. The number of rotatable bonds is 9. The third-order valence-corrected chi connectivity index (χ3v) is 6.93. The van der Waals surface area contributed by atoms with Gasteiger partial charge in [-0.05, 0) is 70.5 Å². The first-order chi connectivity index (χ1) is 16.4. The molecule has 0 bridgehead atoms. The van der Waals surface area contributed by atoms with Gasteiger partial charge >= 0.3 is 0 Å². The van der Waals surface area contributed by atoms with Gasteiger partial charge in [0, 0.05) is 16.2 Å². The monoisotopic (exact) mass is 622 g/mol. The topological polar surface area (TPSA) is 114 Å². The molecular formula is C22H19F4IN4O3S. The maximum Gasteiger partial charge on any atom is 0.250 e. The van der Waals surface area contributed by atoms with Crippen molar-refractivity contribution >= 4 is 55.7 Å². The average Bonchev–Trinajstić information content (AvgIpc) is 2.77. The number of carbonyl (C=O) groups excluding carboxylic acids is 1. The molecule has 1 heterocycles. The van der Waals surface area contributed by atoms with E-state index in [4.69, 9.17) is 5.73 Å². The fourth-order valence-corrected chi connectivity index (χ4v) is 4.74. The fourth-order valence-electron chi connectivity index (χ4n) is 3.21. The number of carbonyl (C=O) groups is 1. The van der Waals surface area contributed by atoms with E-state index in [-0.39, 0.29) is 23.4 Å². The minimum absolute atomic E-state index is 0.215. The first-order valence-electron chi connectivity index (χ1n) is 10.1. The van der Waals surface area contributed by atoms with Gasteiger partial charge in [0.1, 0.15) is 5.82 Å². The Hall–Kier alpha value is -2.94. The normalized spacial score (nSPS) is 11.4. The highest BCUT2D eigenvalue weighted by Crippen LogP contribution is 2.32. The van der Waals surface area contributed by atoms with E-state index in [2.05, 4.69) is 10.3 Å². The Morgan fingerprint density at radius 2 is 1.77 bits per heavy atom. The highest BCUT2D eigenvalue weighted by atomic mass is 127. The van der Waals surface area contributed by atoms with Crippen LogP contribution in [-0.4, -0.2) is 25.1 Å². The molecule has 13 heteroatoms. The molecule has 3 rings (SSSR count). The van der Waals surface area contributed by atoms with Crippen LogP contribution in [0.3, 0.4) is 0 Å². The van der Waals surface area contributed by atoms with Crippen LogP contribution >= 0.6 is 22.6 Å². The SMILES string of the molecule is CCCS(=O)(=O)Nc1nccc(Cc2cc(C(N)=O)c(Nc3ccc(I)cc3F)c(F)c2F)c1F. The number of primary amides is 1. The molecule has 1 amide bonds. The molecule has 3 aromatic rings. The van der Waals surface area contributed by atoms with Crippen LogP contribution in [0.2, 0.25) is 0 Å². The number of hydrogen-bond acceptors (Lipinski definition) is 5. The molecule has 0 unspecified atom stereocenters. The van der Waals surface area contributed by atoms with E-state index >= 15 is 4.39 Å².